The molecule has 1 aromatic carbocycles. The molecule has 0 bridgehead atoms. The van der Waals surface area contributed by atoms with E-state index in [-0.39, 0.29) is 11.4 Å². The van der Waals surface area contributed by atoms with Crippen LogP contribution < -0.4 is 26.9 Å². The van der Waals surface area contributed by atoms with Crippen molar-refractivity contribution in [2.75, 3.05) is 5.01 Å². The van der Waals surface area contributed by atoms with E-state index in [4.69, 9.17) is 11.7 Å². The summed E-state index contributed by atoms with van der Waals surface area (Å²) in [5.74, 6) is 10.3. The molecule has 0 saturated carbocycles. The van der Waals surface area contributed by atoms with Crippen LogP contribution in [0.4, 0.5) is 19.3 Å². The van der Waals surface area contributed by atoms with Crippen molar-refractivity contribution >= 4 is 11.7 Å². The first-order chi connectivity index (χ1) is 8.97. The lowest BCUT2D eigenvalue weighted by Gasteiger charge is -2.19. The summed E-state index contributed by atoms with van der Waals surface area (Å²) < 4.78 is 28.5. The zero-order valence-corrected chi connectivity index (χ0v) is 11.0. The Morgan fingerprint density at radius 1 is 1.42 bits per heavy atom. The second-order valence-electron chi connectivity index (χ2n) is 3.10. The molecule has 2 amide bonds. The lowest BCUT2D eigenvalue weighted by atomic mass is 10.2. The first kappa shape index (κ1) is 17.1. The molecular formula is C11H18F2N4O2. The van der Waals surface area contributed by atoms with Gasteiger partial charge in [0.25, 0.3) is 0 Å². The number of ether oxygens (including phenoxy) is 1. The summed E-state index contributed by atoms with van der Waals surface area (Å²) in [5, 5.41) is 0.702. The van der Waals surface area contributed by atoms with E-state index in [0.717, 1.165) is 0 Å². The number of benzene rings is 1. The van der Waals surface area contributed by atoms with Crippen molar-refractivity contribution in [3.8, 4) is 5.75 Å². The molecule has 6 nitrogen and oxygen atoms in total. The Hall–Kier alpha value is -1.93. The molecule has 0 unspecified atom stereocenters. The fourth-order valence-corrected chi connectivity index (χ4v) is 1.27. The monoisotopic (exact) mass is 276 g/mol. The van der Waals surface area contributed by atoms with Gasteiger partial charge in [0.05, 0.1) is 5.69 Å². The lowest BCUT2D eigenvalue weighted by molar-refractivity contribution is -0.0502. The predicted octanol–water partition coefficient (Wildman–Crippen LogP) is 1.89. The van der Waals surface area contributed by atoms with Crippen LogP contribution >= 0.6 is 0 Å². The van der Waals surface area contributed by atoms with Crippen molar-refractivity contribution in [2.24, 2.45) is 11.7 Å². The van der Waals surface area contributed by atoms with E-state index in [2.05, 4.69) is 4.74 Å². The Labute approximate surface area is 110 Å². The summed E-state index contributed by atoms with van der Waals surface area (Å²) in [5.41, 5.74) is 2.34. The van der Waals surface area contributed by atoms with Crippen LogP contribution in [0.5, 0.6) is 5.75 Å². The second-order valence-corrected chi connectivity index (χ2v) is 3.10. The van der Waals surface area contributed by atoms with Crippen molar-refractivity contribution in [1.82, 2.24) is 5.43 Å². The molecule has 0 heterocycles. The number of amides is 2. The highest BCUT2D eigenvalue weighted by molar-refractivity contribution is 5.91. The second kappa shape index (κ2) is 8.22. The molecule has 0 fully saturated rings. The molecule has 0 aliphatic heterocycles. The summed E-state index contributed by atoms with van der Waals surface area (Å²) in [4.78, 5) is 11.2. The van der Waals surface area contributed by atoms with E-state index in [9.17, 15) is 13.6 Å². The molecule has 19 heavy (non-hydrogen) atoms. The molecule has 1 rings (SSSR count). The van der Waals surface area contributed by atoms with Gasteiger partial charge in [0.2, 0.25) is 0 Å². The van der Waals surface area contributed by atoms with Gasteiger partial charge in [0.1, 0.15) is 5.75 Å². The predicted molar refractivity (Wildman–Crippen MR) is 68.5 cm³/mol. The highest BCUT2D eigenvalue weighted by Crippen LogP contribution is 2.28. The number of hydrogen-bond acceptors (Lipinski definition) is 4. The van der Waals surface area contributed by atoms with Gasteiger partial charge < -0.3 is 4.74 Å². The zero-order chi connectivity index (χ0) is 15.0. The number of hydrogen-bond donors (Lipinski definition) is 3. The van der Waals surface area contributed by atoms with Gasteiger partial charge in [-0.1, -0.05) is 19.9 Å². The molecule has 108 valence electrons. The number of rotatable bonds is 3. The van der Waals surface area contributed by atoms with Crippen LogP contribution in [-0.4, -0.2) is 12.6 Å². The first-order valence-electron chi connectivity index (χ1n) is 5.57. The summed E-state index contributed by atoms with van der Waals surface area (Å²) in [6.07, 6.45) is 0. The summed E-state index contributed by atoms with van der Waals surface area (Å²) in [7, 11) is 0. The van der Waals surface area contributed by atoms with Crippen molar-refractivity contribution in [2.45, 2.75) is 27.4 Å². The van der Waals surface area contributed by atoms with Crippen LogP contribution in [0.1, 0.15) is 19.4 Å². The van der Waals surface area contributed by atoms with Crippen LogP contribution in [0.15, 0.2) is 18.2 Å². The SMILES string of the molecule is CC.Cc1c(OC(F)F)cccc1N(N)C(=O)NN. The highest BCUT2D eigenvalue weighted by atomic mass is 19.3. The van der Waals surface area contributed by atoms with E-state index in [1.165, 1.54) is 25.1 Å². The number of carbonyl (C=O) groups excluding carboxylic acids is 1. The minimum Gasteiger partial charge on any atom is -0.434 e. The molecule has 0 spiro atoms. The number of nitrogens with zero attached hydrogens (tertiary/aromatic N) is 1. The molecule has 0 aliphatic rings. The number of nitrogens with two attached hydrogens (primary N) is 2. The van der Waals surface area contributed by atoms with Gasteiger partial charge in [-0.15, -0.1) is 0 Å². The Morgan fingerprint density at radius 3 is 2.47 bits per heavy atom. The molecule has 0 aromatic heterocycles. The maximum atomic E-state index is 12.1. The largest absolute Gasteiger partial charge is 0.434 e. The standard InChI is InChI=1S/C9H12F2N4O2.C2H6/c1-5-6(15(13)9(16)14-12)3-2-4-7(5)17-8(10)11;1-2/h2-4,8H,12-13H2,1H3,(H,14,16);1-2H3. The number of nitrogens with one attached hydrogen (secondary N) is 1. The average molecular weight is 276 g/mol. The third-order valence-corrected chi connectivity index (χ3v) is 2.07. The molecule has 0 atom stereocenters. The number of hydrazine groups is 2. The quantitative estimate of drug-likeness (QED) is 0.446. The van der Waals surface area contributed by atoms with Gasteiger partial charge in [0.15, 0.2) is 0 Å². The van der Waals surface area contributed by atoms with E-state index in [1.54, 1.807) is 0 Å². The van der Waals surface area contributed by atoms with E-state index in [0.29, 0.717) is 10.6 Å². The van der Waals surface area contributed by atoms with Gasteiger partial charge in [-0.05, 0) is 19.1 Å². The maximum absolute atomic E-state index is 12.1. The van der Waals surface area contributed by atoms with Gasteiger partial charge in [-0.2, -0.15) is 8.78 Å². The van der Waals surface area contributed by atoms with Crippen molar-refractivity contribution in [1.29, 1.82) is 0 Å². The summed E-state index contributed by atoms with van der Waals surface area (Å²) >= 11 is 0. The highest BCUT2D eigenvalue weighted by Gasteiger charge is 2.16. The molecule has 1 aromatic rings. The normalized spacial score (nSPS) is 9.47. The minimum absolute atomic E-state index is 0.0576. The Morgan fingerprint density at radius 2 is 2.00 bits per heavy atom. The number of carbonyl (C=O) groups is 1. The Kier molecular flexibility index (Phi) is 7.39. The smallest absolute Gasteiger partial charge is 0.387 e. The molecule has 8 heteroatoms. The molecule has 5 N–H and O–H groups in total. The third kappa shape index (κ3) is 4.68. The van der Waals surface area contributed by atoms with Crippen LogP contribution in [0.3, 0.4) is 0 Å². The van der Waals surface area contributed by atoms with Gasteiger partial charge in [-0.3, -0.25) is 5.43 Å². The van der Waals surface area contributed by atoms with Crippen LogP contribution in [0, 0.1) is 6.92 Å². The maximum Gasteiger partial charge on any atom is 0.387 e. The summed E-state index contributed by atoms with van der Waals surface area (Å²) in [6.45, 7) is 2.55. The number of halogens is 2. The Balaban J connectivity index is 0.00000154. The van der Waals surface area contributed by atoms with E-state index in [1.807, 2.05) is 19.3 Å². The minimum atomic E-state index is -2.95. The molecule has 0 saturated heterocycles. The van der Waals surface area contributed by atoms with Crippen LogP contribution in [0.25, 0.3) is 0 Å². The molecular weight excluding hydrogens is 258 g/mol. The first-order valence-corrected chi connectivity index (χ1v) is 5.57. The molecule has 0 radical (unpaired) electrons. The van der Waals surface area contributed by atoms with E-state index < -0.39 is 12.6 Å². The average Bonchev–Trinajstić information content (AvgIpc) is 2.41. The van der Waals surface area contributed by atoms with E-state index >= 15 is 0 Å². The van der Waals surface area contributed by atoms with Gasteiger partial charge >= 0.3 is 12.6 Å². The lowest BCUT2D eigenvalue weighted by Crippen LogP contribution is -2.47. The number of urea groups is 1. The fourth-order valence-electron chi connectivity index (χ4n) is 1.27. The summed E-state index contributed by atoms with van der Waals surface area (Å²) in [6, 6.07) is 3.48. The zero-order valence-electron chi connectivity index (χ0n) is 11.0. The number of alkyl halides is 2. The van der Waals surface area contributed by atoms with Crippen molar-refractivity contribution in [3.63, 3.8) is 0 Å². The molecule has 0 aliphatic carbocycles. The van der Waals surface area contributed by atoms with Crippen molar-refractivity contribution in [3.05, 3.63) is 23.8 Å². The third-order valence-electron chi connectivity index (χ3n) is 2.07. The fraction of sp³-hybridized carbons (Fsp3) is 0.364. The Bertz CT molecular complexity index is 416. The van der Waals surface area contributed by atoms with Gasteiger partial charge in [0, 0.05) is 5.56 Å². The van der Waals surface area contributed by atoms with Gasteiger partial charge in [-0.25, -0.2) is 21.5 Å². The van der Waals surface area contributed by atoms with Crippen LogP contribution in [0.2, 0.25) is 0 Å². The van der Waals surface area contributed by atoms with Crippen LogP contribution in [-0.2, 0) is 0 Å². The number of anilines is 1. The topological polar surface area (TPSA) is 93.6 Å². The van der Waals surface area contributed by atoms with Crippen molar-refractivity contribution < 1.29 is 18.3 Å².